The first-order chi connectivity index (χ1) is 13.7. The second kappa shape index (κ2) is 8.13. The molecule has 5 heteroatoms. The first-order valence-corrected chi connectivity index (χ1v) is 9.50. The van der Waals surface area contributed by atoms with Crippen LogP contribution in [0.2, 0.25) is 0 Å². The predicted octanol–water partition coefficient (Wildman–Crippen LogP) is 4.88. The fourth-order valence-electron chi connectivity index (χ4n) is 3.29. The van der Waals surface area contributed by atoms with Crippen LogP contribution in [0.1, 0.15) is 37.0 Å². The summed E-state index contributed by atoms with van der Waals surface area (Å²) in [6.07, 6.45) is 5.47. The molecule has 1 amide bonds. The molecule has 4 rings (SSSR count). The van der Waals surface area contributed by atoms with Crippen LogP contribution in [0.5, 0.6) is 11.5 Å². The van der Waals surface area contributed by atoms with E-state index < -0.39 is 0 Å². The quantitative estimate of drug-likeness (QED) is 0.597. The fourth-order valence-corrected chi connectivity index (χ4v) is 3.29. The van der Waals surface area contributed by atoms with E-state index >= 15 is 0 Å². The zero-order valence-electron chi connectivity index (χ0n) is 15.7. The van der Waals surface area contributed by atoms with Gasteiger partial charge in [0.1, 0.15) is 17.5 Å². The first-order valence-electron chi connectivity index (χ1n) is 9.50. The second-order valence-electron chi connectivity index (χ2n) is 6.67. The lowest BCUT2D eigenvalue weighted by atomic mass is 9.97. The molecule has 1 unspecified atom stereocenters. The Labute approximate surface area is 164 Å². The average molecular weight is 374 g/mol. The second-order valence-corrected chi connectivity index (χ2v) is 6.67. The molecule has 2 heterocycles. The summed E-state index contributed by atoms with van der Waals surface area (Å²) in [5.41, 5.74) is 2.87. The van der Waals surface area contributed by atoms with Crippen LogP contribution in [-0.4, -0.2) is 10.9 Å². The van der Waals surface area contributed by atoms with E-state index in [1.807, 2.05) is 36.4 Å². The summed E-state index contributed by atoms with van der Waals surface area (Å²) in [7, 11) is 0. The van der Waals surface area contributed by atoms with Crippen molar-refractivity contribution in [3.8, 4) is 11.5 Å². The zero-order chi connectivity index (χ0) is 19.3. The molecular weight excluding hydrogens is 352 g/mol. The molecule has 0 radical (unpaired) electrons. The number of rotatable bonds is 5. The van der Waals surface area contributed by atoms with Crippen molar-refractivity contribution < 1.29 is 14.4 Å². The highest BCUT2D eigenvalue weighted by molar-refractivity contribution is 5.91. The lowest BCUT2D eigenvalue weighted by molar-refractivity contribution is -0.122. The highest BCUT2D eigenvalue weighted by Gasteiger charge is 2.23. The molecular formula is C23H22N2O3. The summed E-state index contributed by atoms with van der Waals surface area (Å²) < 4.78 is 6.19. The number of carbonyl (C=O) groups excluding carboxylic acids is 1. The monoisotopic (exact) mass is 374 g/mol. The van der Waals surface area contributed by atoms with Crippen molar-refractivity contribution in [2.45, 2.75) is 32.3 Å². The summed E-state index contributed by atoms with van der Waals surface area (Å²) in [4.78, 5) is 22.4. The number of aromatic nitrogens is 1. The molecule has 0 saturated heterocycles. The number of hydroxylamine groups is 1. The lowest BCUT2D eigenvalue weighted by Crippen LogP contribution is -2.33. The van der Waals surface area contributed by atoms with E-state index in [0.717, 1.165) is 24.2 Å². The van der Waals surface area contributed by atoms with Crippen molar-refractivity contribution in [2.24, 2.45) is 0 Å². The van der Waals surface area contributed by atoms with E-state index in [0.29, 0.717) is 17.9 Å². The number of ether oxygens (including phenoxy) is 1. The SMILES string of the molecule is CCC(=O)N(Oc1ccc2c(c1)CCC(c1ccccc1)O2)c1cccnc1. The fraction of sp³-hybridized carbons (Fsp3) is 0.217. The van der Waals surface area contributed by atoms with Gasteiger partial charge in [0, 0.05) is 12.6 Å². The first kappa shape index (κ1) is 18.0. The Kier molecular flexibility index (Phi) is 5.24. The Balaban J connectivity index is 1.53. The molecule has 0 fully saturated rings. The van der Waals surface area contributed by atoms with Gasteiger partial charge in [-0.25, -0.2) is 0 Å². The molecule has 0 N–H and O–H groups in total. The van der Waals surface area contributed by atoms with Crippen LogP contribution in [0.3, 0.4) is 0 Å². The standard InChI is InChI=1S/C23H22N2O3/c1-2-23(26)25(19-9-6-14-24-16-19)28-20-11-13-22-18(15-20)10-12-21(27-22)17-7-4-3-5-8-17/h3-9,11,13-16,21H,2,10,12H2,1H3. The van der Waals surface area contributed by atoms with Crippen molar-refractivity contribution in [1.29, 1.82) is 0 Å². The molecule has 0 bridgehead atoms. The molecule has 1 atom stereocenters. The Morgan fingerprint density at radius 3 is 2.79 bits per heavy atom. The predicted molar refractivity (Wildman–Crippen MR) is 107 cm³/mol. The highest BCUT2D eigenvalue weighted by Crippen LogP contribution is 2.37. The molecule has 28 heavy (non-hydrogen) atoms. The van der Waals surface area contributed by atoms with Gasteiger partial charge in [0.05, 0.1) is 6.20 Å². The van der Waals surface area contributed by atoms with Crippen molar-refractivity contribution in [3.63, 3.8) is 0 Å². The lowest BCUT2D eigenvalue weighted by Gasteiger charge is -2.27. The number of benzene rings is 2. The topological polar surface area (TPSA) is 51.7 Å². The number of pyridine rings is 1. The number of amides is 1. The molecule has 1 aliphatic rings. The van der Waals surface area contributed by atoms with Crippen molar-refractivity contribution in [1.82, 2.24) is 4.98 Å². The Morgan fingerprint density at radius 1 is 1.18 bits per heavy atom. The van der Waals surface area contributed by atoms with Gasteiger partial charge in [-0.1, -0.05) is 37.3 Å². The number of aryl methyl sites for hydroxylation is 1. The summed E-state index contributed by atoms with van der Waals surface area (Å²) in [6, 6.07) is 19.5. The Bertz CT molecular complexity index is 945. The van der Waals surface area contributed by atoms with Gasteiger partial charge < -0.3 is 9.57 Å². The summed E-state index contributed by atoms with van der Waals surface area (Å²) in [5, 5.41) is 1.30. The minimum absolute atomic E-state index is 0.0639. The largest absolute Gasteiger partial charge is 0.485 e. The van der Waals surface area contributed by atoms with Crippen LogP contribution < -0.4 is 14.6 Å². The summed E-state index contributed by atoms with van der Waals surface area (Å²) >= 11 is 0. The minimum Gasteiger partial charge on any atom is -0.485 e. The van der Waals surface area contributed by atoms with E-state index in [1.165, 1.54) is 10.6 Å². The van der Waals surface area contributed by atoms with Crippen LogP contribution in [0.15, 0.2) is 73.1 Å². The third-order valence-electron chi connectivity index (χ3n) is 4.75. The maximum Gasteiger partial charge on any atom is 0.259 e. The molecule has 0 aliphatic carbocycles. The van der Waals surface area contributed by atoms with E-state index in [4.69, 9.17) is 9.57 Å². The third-order valence-corrected chi connectivity index (χ3v) is 4.75. The van der Waals surface area contributed by atoms with Gasteiger partial charge in [0.25, 0.3) is 5.91 Å². The number of carbonyl (C=O) groups is 1. The van der Waals surface area contributed by atoms with E-state index in [9.17, 15) is 4.79 Å². The Hall–Kier alpha value is -3.34. The van der Waals surface area contributed by atoms with E-state index in [2.05, 4.69) is 17.1 Å². The normalized spacial score (nSPS) is 15.2. The van der Waals surface area contributed by atoms with Gasteiger partial charge in [0.15, 0.2) is 5.75 Å². The molecule has 3 aromatic rings. The minimum atomic E-state index is -0.133. The number of fused-ring (bicyclic) bond motifs is 1. The molecule has 0 saturated carbocycles. The maximum absolute atomic E-state index is 12.4. The molecule has 1 aromatic heterocycles. The van der Waals surface area contributed by atoms with Crippen molar-refractivity contribution in [2.75, 3.05) is 5.06 Å². The number of nitrogens with zero attached hydrogens (tertiary/aromatic N) is 2. The molecule has 0 spiro atoms. The van der Waals surface area contributed by atoms with E-state index in [1.54, 1.807) is 31.5 Å². The van der Waals surface area contributed by atoms with Crippen LogP contribution in [0, 0.1) is 0 Å². The number of anilines is 1. The Morgan fingerprint density at radius 2 is 2.04 bits per heavy atom. The molecule has 2 aromatic carbocycles. The van der Waals surface area contributed by atoms with Gasteiger partial charge in [-0.05, 0) is 54.3 Å². The van der Waals surface area contributed by atoms with Crippen molar-refractivity contribution >= 4 is 11.6 Å². The highest BCUT2D eigenvalue weighted by atomic mass is 16.7. The van der Waals surface area contributed by atoms with Crippen LogP contribution in [0.4, 0.5) is 5.69 Å². The van der Waals surface area contributed by atoms with Crippen LogP contribution in [0.25, 0.3) is 0 Å². The average Bonchev–Trinajstić information content (AvgIpc) is 2.77. The van der Waals surface area contributed by atoms with Gasteiger partial charge in [-0.3, -0.25) is 9.78 Å². The number of hydrogen-bond acceptors (Lipinski definition) is 4. The smallest absolute Gasteiger partial charge is 0.259 e. The van der Waals surface area contributed by atoms with Crippen molar-refractivity contribution in [3.05, 3.63) is 84.2 Å². The summed E-state index contributed by atoms with van der Waals surface area (Å²) in [5.74, 6) is 1.33. The zero-order valence-corrected chi connectivity index (χ0v) is 15.7. The van der Waals surface area contributed by atoms with Crippen LogP contribution in [-0.2, 0) is 11.2 Å². The maximum atomic E-state index is 12.4. The van der Waals surface area contributed by atoms with Crippen LogP contribution >= 0.6 is 0 Å². The van der Waals surface area contributed by atoms with Gasteiger partial charge >= 0.3 is 0 Å². The molecule has 5 nitrogen and oxygen atoms in total. The van der Waals surface area contributed by atoms with Gasteiger partial charge in [-0.15, -0.1) is 5.06 Å². The third kappa shape index (κ3) is 3.83. The van der Waals surface area contributed by atoms with Gasteiger partial charge in [0.2, 0.25) is 0 Å². The molecule has 1 aliphatic heterocycles. The van der Waals surface area contributed by atoms with E-state index in [-0.39, 0.29) is 12.0 Å². The molecule has 142 valence electrons. The van der Waals surface area contributed by atoms with Gasteiger partial charge in [-0.2, -0.15) is 0 Å². The number of hydrogen-bond donors (Lipinski definition) is 0. The summed E-state index contributed by atoms with van der Waals surface area (Å²) in [6.45, 7) is 1.81.